The average Bonchev–Trinajstić information content (AvgIpc) is 2.49. The van der Waals surface area contributed by atoms with Crippen LogP contribution in [0.3, 0.4) is 0 Å². The van der Waals surface area contributed by atoms with Gasteiger partial charge in [-0.15, -0.1) is 0 Å². The molecule has 1 N–H and O–H groups in total. The summed E-state index contributed by atoms with van der Waals surface area (Å²) in [5.74, 6) is 0.352. The molecule has 0 aromatic heterocycles. The molecule has 23 heavy (non-hydrogen) atoms. The Morgan fingerprint density at radius 2 is 1.52 bits per heavy atom. The highest BCUT2D eigenvalue weighted by Gasteiger charge is 2.02. The topological polar surface area (TPSA) is 81.7 Å². The Bertz CT molecular complexity index is 344. The molecule has 134 valence electrons. The van der Waals surface area contributed by atoms with Gasteiger partial charge in [-0.25, -0.2) is 0 Å². The molecule has 6 nitrogen and oxygen atoms in total. The molecule has 0 heterocycles. The normalized spacial score (nSPS) is 10.5. The van der Waals surface area contributed by atoms with Crippen LogP contribution in [-0.4, -0.2) is 50.4 Å². The van der Waals surface area contributed by atoms with E-state index in [0.29, 0.717) is 70.9 Å². The lowest BCUT2D eigenvalue weighted by molar-refractivity contribution is -0.122. The Kier molecular flexibility index (Phi) is 14.8. The Hall–Kier alpha value is -1.27. The Morgan fingerprint density at radius 1 is 0.826 bits per heavy atom. The number of rotatable bonds is 16. The van der Waals surface area contributed by atoms with E-state index in [4.69, 9.17) is 9.47 Å². The first-order valence-electron chi connectivity index (χ1n) is 8.49. The number of carbonyl (C=O) groups is 3. The van der Waals surface area contributed by atoms with Crippen LogP contribution in [0.2, 0.25) is 0 Å². The number of ether oxygens (including phenoxy) is 2. The molecule has 0 aliphatic rings. The second kappa shape index (κ2) is 15.6. The first-order valence-corrected chi connectivity index (χ1v) is 8.49. The van der Waals surface area contributed by atoms with Crippen molar-refractivity contribution in [3.8, 4) is 0 Å². The van der Waals surface area contributed by atoms with Gasteiger partial charge in [0, 0.05) is 38.8 Å². The maximum atomic E-state index is 11.4. The first kappa shape index (κ1) is 21.7. The number of amides is 1. The quantitative estimate of drug-likeness (QED) is 0.438. The molecule has 0 radical (unpaired) electrons. The van der Waals surface area contributed by atoms with Crippen molar-refractivity contribution in [2.24, 2.45) is 0 Å². The highest BCUT2D eigenvalue weighted by atomic mass is 16.5. The number of hydrogen-bond donors (Lipinski definition) is 1. The van der Waals surface area contributed by atoms with E-state index in [-0.39, 0.29) is 11.7 Å². The van der Waals surface area contributed by atoms with E-state index in [1.54, 1.807) is 0 Å². The maximum Gasteiger partial charge on any atom is 0.220 e. The van der Waals surface area contributed by atoms with Gasteiger partial charge in [-0.1, -0.05) is 6.92 Å². The van der Waals surface area contributed by atoms with Crippen molar-refractivity contribution in [2.45, 2.75) is 58.8 Å². The van der Waals surface area contributed by atoms with Crippen LogP contribution in [0.5, 0.6) is 0 Å². The van der Waals surface area contributed by atoms with Gasteiger partial charge >= 0.3 is 0 Å². The standard InChI is InChI=1S/C17H31NO5/c1-3-6-16(20)8-5-11-22-13-14-23-12-10-18-17(21)9-4-7-15(2)19/h3-14H2,1-2H3,(H,18,21). The molecule has 0 aliphatic heterocycles. The number of carbonyl (C=O) groups excluding carboxylic acids is 3. The summed E-state index contributed by atoms with van der Waals surface area (Å²) in [4.78, 5) is 33.4. The third-order valence-corrected chi connectivity index (χ3v) is 3.15. The van der Waals surface area contributed by atoms with Crippen molar-refractivity contribution in [1.29, 1.82) is 0 Å². The summed E-state index contributed by atoms with van der Waals surface area (Å²) >= 11 is 0. The predicted molar refractivity (Wildman–Crippen MR) is 88.3 cm³/mol. The van der Waals surface area contributed by atoms with Crippen molar-refractivity contribution in [3.05, 3.63) is 0 Å². The van der Waals surface area contributed by atoms with Crippen molar-refractivity contribution >= 4 is 17.5 Å². The fraction of sp³-hybridized carbons (Fsp3) is 0.824. The first-order chi connectivity index (χ1) is 11.1. The van der Waals surface area contributed by atoms with E-state index in [2.05, 4.69) is 5.32 Å². The number of nitrogens with one attached hydrogen (secondary N) is 1. The predicted octanol–water partition coefficient (Wildman–Crippen LogP) is 2.04. The zero-order valence-electron chi connectivity index (χ0n) is 14.5. The molecule has 0 rings (SSSR count). The summed E-state index contributed by atoms with van der Waals surface area (Å²) in [5, 5.41) is 2.74. The lowest BCUT2D eigenvalue weighted by atomic mass is 10.1. The molecule has 0 unspecified atom stereocenters. The molecule has 0 saturated heterocycles. The van der Waals surface area contributed by atoms with Gasteiger partial charge in [0.1, 0.15) is 11.6 Å². The molecule has 0 aliphatic carbocycles. The van der Waals surface area contributed by atoms with Gasteiger partial charge in [-0.3, -0.25) is 9.59 Å². The van der Waals surface area contributed by atoms with E-state index in [1.165, 1.54) is 6.92 Å². The van der Waals surface area contributed by atoms with Gasteiger partial charge in [0.2, 0.25) is 5.91 Å². The van der Waals surface area contributed by atoms with Crippen molar-refractivity contribution in [1.82, 2.24) is 5.32 Å². The van der Waals surface area contributed by atoms with Crippen LogP contribution in [0.15, 0.2) is 0 Å². The van der Waals surface area contributed by atoms with Crippen LogP contribution in [-0.2, 0) is 23.9 Å². The van der Waals surface area contributed by atoms with Crippen LogP contribution in [0, 0.1) is 0 Å². The summed E-state index contributed by atoms with van der Waals surface area (Å²) in [6, 6.07) is 0. The van der Waals surface area contributed by atoms with E-state index in [1.807, 2.05) is 6.92 Å². The molecule has 1 amide bonds. The average molecular weight is 329 g/mol. The van der Waals surface area contributed by atoms with E-state index >= 15 is 0 Å². The van der Waals surface area contributed by atoms with Gasteiger partial charge < -0.3 is 19.6 Å². The highest BCUT2D eigenvalue weighted by molar-refractivity contribution is 5.78. The fourth-order valence-corrected chi connectivity index (χ4v) is 1.95. The Labute approximate surface area is 139 Å². The summed E-state index contributed by atoms with van der Waals surface area (Å²) in [5.41, 5.74) is 0. The second-order valence-electron chi connectivity index (χ2n) is 5.52. The van der Waals surface area contributed by atoms with Crippen molar-refractivity contribution in [3.63, 3.8) is 0 Å². The van der Waals surface area contributed by atoms with Crippen LogP contribution in [0.25, 0.3) is 0 Å². The van der Waals surface area contributed by atoms with Crippen LogP contribution >= 0.6 is 0 Å². The summed E-state index contributed by atoms with van der Waals surface area (Å²) in [6.07, 6.45) is 4.32. The van der Waals surface area contributed by atoms with Gasteiger partial charge in [-0.05, 0) is 26.2 Å². The van der Waals surface area contributed by atoms with Crippen LogP contribution < -0.4 is 5.32 Å². The lowest BCUT2D eigenvalue weighted by Gasteiger charge is -2.07. The van der Waals surface area contributed by atoms with Crippen molar-refractivity contribution in [2.75, 3.05) is 33.0 Å². The second-order valence-corrected chi connectivity index (χ2v) is 5.52. The molecule has 0 saturated carbocycles. The molecule has 0 bridgehead atoms. The summed E-state index contributed by atoms with van der Waals surface area (Å²) in [6.45, 7) is 5.97. The van der Waals surface area contributed by atoms with E-state index < -0.39 is 0 Å². The van der Waals surface area contributed by atoms with E-state index in [9.17, 15) is 14.4 Å². The highest BCUT2D eigenvalue weighted by Crippen LogP contribution is 1.98. The fourth-order valence-electron chi connectivity index (χ4n) is 1.95. The SMILES string of the molecule is CCCC(=O)CCCOCCOCCNC(=O)CCCC(C)=O. The zero-order chi connectivity index (χ0) is 17.3. The third kappa shape index (κ3) is 16.9. The number of hydrogen-bond acceptors (Lipinski definition) is 5. The smallest absolute Gasteiger partial charge is 0.220 e. The summed E-state index contributed by atoms with van der Waals surface area (Å²) in [7, 11) is 0. The maximum absolute atomic E-state index is 11.4. The molecule has 0 aromatic carbocycles. The molecule has 6 heteroatoms. The minimum absolute atomic E-state index is 0.0529. The van der Waals surface area contributed by atoms with Gasteiger partial charge in [-0.2, -0.15) is 0 Å². The molecular weight excluding hydrogens is 298 g/mol. The van der Waals surface area contributed by atoms with Gasteiger partial charge in [0.25, 0.3) is 0 Å². The largest absolute Gasteiger partial charge is 0.379 e. The zero-order valence-corrected chi connectivity index (χ0v) is 14.5. The van der Waals surface area contributed by atoms with Gasteiger partial charge in [0.05, 0.1) is 19.8 Å². The minimum Gasteiger partial charge on any atom is -0.379 e. The van der Waals surface area contributed by atoms with Crippen LogP contribution in [0.4, 0.5) is 0 Å². The third-order valence-electron chi connectivity index (χ3n) is 3.15. The minimum atomic E-state index is -0.0529. The Balaban J connectivity index is 3.22. The molecular formula is C17H31NO5. The van der Waals surface area contributed by atoms with Gasteiger partial charge in [0.15, 0.2) is 0 Å². The molecule has 0 spiro atoms. The lowest BCUT2D eigenvalue weighted by Crippen LogP contribution is -2.27. The molecule has 0 atom stereocenters. The van der Waals surface area contributed by atoms with E-state index in [0.717, 1.165) is 12.8 Å². The van der Waals surface area contributed by atoms with Crippen LogP contribution in [0.1, 0.15) is 58.8 Å². The molecule has 0 aromatic rings. The summed E-state index contributed by atoms with van der Waals surface area (Å²) < 4.78 is 10.7. The Morgan fingerprint density at radius 3 is 2.17 bits per heavy atom. The molecule has 0 fully saturated rings. The van der Waals surface area contributed by atoms with Crippen molar-refractivity contribution < 1.29 is 23.9 Å². The number of ketones is 2. The monoisotopic (exact) mass is 329 g/mol. The number of Topliss-reactive ketones (excluding diaryl/α,β-unsaturated/α-hetero) is 2.